The molecule has 3 rings (SSSR count). The molecule has 0 aliphatic rings. The number of amides is 1. The van der Waals surface area contributed by atoms with Crippen molar-refractivity contribution in [3.05, 3.63) is 53.1 Å². The predicted octanol–water partition coefficient (Wildman–Crippen LogP) is 3.49. The molecule has 6 heteroatoms. The quantitative estimate of drug-likeness (QED) is 0.616. The second-order valence-corrected chi connectivity index (χ2v) is 8.27. The van der Waals surface area contributed by atoms with Gasteiger partial charge >= 0.3 is 0 Å². The van der Waals surface area contributed by atoms with Crippen LogP contribution in [0.25, 0.3) is 10.2 Å². The Kier molecular flexibility index (Phi) is 6.87. The van der Waals surface area contributed by atoms with Gasteiger partial charge in [-0.2, -0.15) is 0 Å². The van der Waals surface area contributed by atoms with Crippen molar-refractivity contribution in [3.8, 4) is 5.75 Å². The summed E-state index contributed by atoms with van der Waals surface area (Å²) in [5.41, 5.74) is 3.79. The Bertz CT molecular complexity index is 978. The molecule has 0 radical (unpaired) electrons. The second kappa shape index (κ2) is 9.37. The van der Waals surface area contributed by atoms with Crippen LogP contribution in [0, 0.1) is 13.8 Å². The number of anilines is 1. The fourth-order valence-corrected chi connectivity index (χ4v) is 4.46. The van der Waals surface area contributed by atoms with Gasteiger partial charge in [0.15, 0.2) is 5.13 Å². The summed E-state index contributed by atoms with van der Waals surface area (Å²) in [5, 5.41) is 0.727. The Labute approximate surface area is 176 Å². The zero-order valence-electron chi connectivity index (χ0n) is 17.9. The van der Waals surface area contributed by atoms with Gasteiger partial charge in [-0.15, -0.1) is 0 Å². The Morgan fingerprint density at radius 2 is 1.79 bits per heavy atom. The normalized spacial score (nSPS) is 11.2. The van der Waals surface area contributed by atoms with E-state index in [-0.39, 0.29) is 5.91 Å². The zero-order chi connectivity index (χ0) is 21.0. The lowest BCUT2D eigenvalue weighted by Gasteiger charge is -2.23. The number of rotatable bonds is 8. The van der Waals surface area contributed by atoms with Crippen LogP contribution >= 0.6 is 11.3 Å². The van der Waals surface area contributed by atoms with E-state index in [1.54, 1.807) is 18.4 Å². The smallest absolute Gasteiger partial charge is 0.260 e. The minimum absolute atomic E-state index is 0.00719. The first-order valence-corrected chi connectivity index (χ1v) is 11.0. The Morgan fingerprint density at radius 3 is 2.41 bits per heavy atom. The molecular weight excluding hydrogens is 382 g/mol. The molecule has 0 saturated carbocycles. The summed E-state index contributed by atoms with van der Waals surface area (Å²) in [6.45, 7) is 12.0. The SMILES string of the molecule is CC[NH+](CC)CCN(C(=O)c1ccc(C)cc1)c1nc2c(OC)ccc(C)c2s1. The molecule has 0 aliphatic carbocycles. The topological polar surface area (TPSA) is 46.9 Å². The molecule has 0 fully saturated rings. The van der Waals surface area contributed by atoms with E-state index in [0.717, 1.165) is 51.9 Å². The number of fused-ring (bicyclic) bond motifs is 1. The van der Waals surface area contributed by atoms with E-state index >= 15 is 0 Å². The highest BCUT2D eigenvalue weighted by molar-refractivity contribution is 7.22. The molecule has 1 amide bonds. The predicted molar refractivity (Wildman–Crippen MR) is 121 cm³/mol. The number of hydrogen-bond acceptors (Lipinski definition) is 4. The number of aryl methyl sites for hydroxylation is 2. The molecular formula is C23H30N3O2S+. The number of carbonyl (C=O) groups is 1. The fourth-order valence-electron chi connectivity index (χ4n) is 3.39. The van der Waals surface area contributed by atoms with Gasteiger partial charge in [-0.05, 0) is 51.5 Å². The van der Waals surface area contributed by atoms with Gasteiger partial charge in [-0.1, -0.05) is 35.1 Å². The molecule has 0 unspecified atom stereocenters. The maximum absolute atomic E-state index is 13.4. The van der Waals surface area contributed by atoms with Crippen LogP contribution in [-0.4, -0.2) is 44.2 Å². The Morgan fingerprint density at radius 1 is 1.10 bits per heavy atom. The largest absolute Gasteiger partial charge is 0.494 e. The average molecular weight is 413 g/mol. The van der Waals surface area contributed by atoms with Crippen LogP contribution in [0.1, 0.15) is 35.3 Å². The third-order valence-electron chi connectivity index (χ3n) is 5.38. The first-order valence-electron chi connectivity index (χ1n) is 10.1. The lowest BCUT2D eigenvalue weighted by molar-refractivity contribution is -0.894. The summed E-state index contributed by atoms with van der Waals surface area (Å²) in [7, 11) is 1.65. The maximum atomic E-state index is 13.4. The van der Waals surface area contributed by atoms with Crippen LogP contribution in [0.15, 0.2) is 36.4 Å². The van der Waals surface area contributed by atoms with Crippen LogP contribution < -0.4 is 14.5 Å². The molecule has 0 atom stereocenters. The van der Waals surface area contributed by atoms with Gasteiger partial charge in [-0.25, -0.2) is 4.98 Å². The molecule has 0 aliphatic heterocycles. The molecule has 5 nitrogen and oxygen atoms in total. The minimum atomic E-state index is -0.00719. The molecule has 29 heavy (non-hydrogen) atoms. The molecule has 0 saturated heterocycles. The lowest BCUT2D eigenvalue weighted by Crippen LogP contribution is -3.12. The van der Waals surface area contributed by atoms with Gasteiger partial charge in [0.05, 0.1) is 38.0 Å². The number of aromatic nitrogens is 1. The number of carbonyl (C=O) groups excluding carboxylic acids is 1. The van der Waals surface area contributed by atoms with Crippen LogP contribution in [0.5, 0.6) is 5.75 Å². The zero-order valence-corrected chi connectivity index (χ0v) is 18.7. The van der Waals surface area contributed by atoms with E-state index < -0.39 is 0 Å². The van der Waals surface area contributed by atoms with E-state index in [0.29, 0.717) is 12.1 Å². The van der Waals surface area contributed by atoms with Crippen molar-refractivity contribution < 1.29 is 14.4 Å². The number of thiazole rings is 1. The third kappa shape index (κ3) is 4.60. The van der Waals surface area contributed by atoms with Crippen molar-refractivity contribution in [1.29, 1.82) is 0 Å². The highest BCUT2D eigenvalue weighted by atomic mass is 32.1. The second-order valence-electron chi connectivity index (χ2n) is 7.29. The molecule has 2 aromatic carbocycles. The van der Waals surface area contributed by atoms with Crippen molar-refractivity contribution in [2.75, 3.05) is 38.2 Å². The molecule has 154 valence electrons. The number of methoxy groups -OCH3 is 1. The summed E-state index contributed by atoms with van der Waals surface area (Å²) in [6.07, 6.45) is 0. The third-order valence-corrected chi connectivity index (χ3v) is 6.59. The Hall–Kier alpha value is -2.44. The molecule has 1 N–H and O–H groups in total. The molecule has 0 spiro atoms. The van der Waals surface area contributed by atoms with Crippen LogP contribution in [0.4, 0.5) is 5.13 Å². The summed E-state index contributed by atoms with van der Waals surface area (Å²) in [6, 6.07) is 11.7. The van der Waals surface area contributed by atoms with E-state index in [1.807, 2.05) is 48.2 Å². The maximum Gasteiger partial charge on any atom is 0.260 e. The van der Waals surface area contributed by atoms with Gasteiger partial charge in [0.25, 0.3) is 5.91 Å². The highest BCUT2D eigenvalue weighted by Gasteiger charge is 2.24. The van der Waals surface area contributed by atoms with Crippen LogP contribution in [0.3, 0.4) is 0 Å². The average Bonchev–Trinajstić information content (AvgIpc) is 3.18. The fraction of sp³-hybridized carbons (Fsp3) is 0.391. The standard InChI is InChI=1S/C23H29N3O2S/c1-6-25(7-2)14-15-26(22(27)18-11-8-16(3)9-12-18)23-24-20-19(28-5)13-10-17(4)21(20)29-23/h8-13H,6-7,14-15H2,1-5H3/p+1. The molecule has 1 aromatic heterocycles. The summed E-state index contributed by atoms with van der Waals surface area (Å²) in [5.74, 6) is 0.734. The van der Waals surface area contributed by atoms with Gasteiger partial charge in [0.2, 0.25) is 0 Å². The number of ether oxygens (including phenoxy) is 1. The monoisotopic (exact) mass is 412 g/mol. The van der Waals surface area contributed by atoms with Crippen LogP contribution in [0.2, 0.25) is 0 Å². The Balaban J connectivity index is 2.02. The lowest BCUT2D eigenvalue weighted by atomic mass is 10.1. The van der Waals surface area contributed by atoms with E-state index in [9.17, 15) is 4.79 Å². The summed E-state index contributed by atoms with van der Waals surface area (Å²) < 4.78 is 6.57. The van der Waals surface area contributed by atoms with Crippen molar-refractivity contribution in [2.45, 2.75) is 27.7 Å². The van der Waals surface area contributed by atoms with Gasteiger partial charge in [0.1, 0.15) is 11.3 Å². The molecule has 1 heterocycles. The van der Waals surface area contributed by atoms with E-state index in [4.69, 9.17) is 9.72 Å². The first kappa shape index (κ1) is 21.3. The number of hydrogen-bond donors (Lipinski definition) is 1. The number of likely N-dealkylation sites (N-methyl/N-ethyl adjacent to an activating group) is 1. The summed E-state index contributed by atoms with van der Waals surface area (Å²) in [4.78, 5) is 21.5. The first-order chi connectivity index (χ1) is 14.0. The number of quaternary nitrogens is 1. The number of benzene rings is 2. The summed E-state index contributed by atoms with van der Waals surface area (Å²) >= 11 is 1.56. The van der Waals surface area contributed by atoms with E-state index in [1.165, 1.54) is 4.90 Å². The van der Waals surface area contributed by atoms with Gasteiger partial charge < -0.3 is 9.64 Å². The molecule has 3 aromatic rings. The van der Waals surface area contributed by atoms with Crippen molar-refractivity contribution in [2.24, 2.45) is 0 Å². The van der Waals surface area contributed by atoms with Crippen molar-refractivity contribution in [3.63, 3.8) is 0 Å². The number of nitrogens with zero attached hydrogens (tertiary/aromatic N) is 2. The van der Waals surface area contributed by atoms with Crippen molar-refractivity contribution in [1.82, 2.24) is 4.98 Å². The van der Waals surface area contributed by atoms with Crippen LogP contribution in [-0.2, 0) is 0 Å². The van der Waals surface area contributed by atoms with E-state index in [2.05, 4.69) is 20.8 Å². The van der Waals surface area contributed by atoms with Gasteiger partial charge in [0, 0.05) is 5.56 Å². The molecule has 0 bridgehead atoms. The highest BCUT2D eigenvalue weighted by Crippen LogP contribution is 2.36. The number of nitrogens with one attached hydrogen (secondary N) is 1. The minimum Gasteiger partial charge on any atom is -0.494 e. The van der Waals surface area contributed by atoms with Gasteiger partial charge in [-0.3, -0.25) is 9.69 Å². The van der Waals surface area contributed by atoms with Crippen molar-refractivity contribution >= 4 is 32.6 Å².